The molecule has 0 saturated heterocycles. The quantitative estimate of drug-likeness (QED) is 0.866. The highest BCUT2D eigenvalue weighted by Gasteiger charge is 2.11. The monoisotopic (exact) mass is 345 g/mol. The zero-order valence-electron chi connectivity index (χ0n) is 13.2. The number of likely N-dealkylation sites (N-methyl/N-ethyl adjacent to an activating group) is 1. The van der Waals surface area contributed by atoms with E-state index in [4.69, 9.17) is 16.9 Å². The molecule has 0 atom stereocenters. The highest BCUT2D eigenvalue weighted by molar-refractivity contribution is 6.32. The molecular formula is C18H17ClFN3O. The van der Waals surface area contributed by atoms with Crippen LogP contribution in [0.3, 0.4) is 0 Å². The third kappa shape index (κ3) is 5.05. The van der Waals surface area contributed by atoms with Gasteiger partial charge >= 0.3 is 0 Å². The number of halogens is 2. The Bertz CT molecular complexity index is 773. The maximum atomic E-state index is 13.2. The number of amides is 1. The van der Waals surface area contributed by atoms with Crippen molar-refractivity contribution in [1.29, 1.82) is 5.26 Å². The van der Waals surface area contributed by atoms with E-state index in [-0.39, 0.29) is 18.3 Å². The van der Waals surface area contributed by atoms with Gasteiger partial charge in [-0.2, -0.15) is 5.26 Å². The molecule has 0 saturated carbocycles. The van der Waals surface area contributed by atoms with Crippen molar-refractivity contribution >= 4 is 23.2 Å². The van der Waals surface area contributed by atoms with Gasteiger partial charge in [0.2, 0.25) is 5.91 Å². The molecule has 2 aromatic rings. The molecule has 0 spiro atoms. The Morgan fingerprint density at radius 2 is 2.12 bits per heavy atom. The molecule has 0 heterocycles. The number of anilines is 1. The SMILES string of the molecule is CCN(CC(=O)Nc1ccc(C#N)c(Cl)c1)Cc1cccc(F)c1. The Morgan fingerprint density at radius 3 is 2.75 bits per heavy atom. The normalized spacial score (nSPS) is 10.5. The molecule has 1 amide bonds. The summed E-state index contributed by atoms with van der Waals surface area (Å²) in [6, 6.07) is 13.0. The van der Waals surface area contributed by atoms with Gasteiger partial charge in [-0.15, -0.1) is 0 Å². The summed E-state index contributed by atoms with van der Waals surface area (Å²) in [6.45, 7) is 3.24. The molecule has 0 aromatic heterocycles. The van der Waals surface area contributed by atoms with E-state index in [1.54, 1.807) is 24.3 Å². The van der Waals surface area contributed by atoms with E-state index >= 15 is 0 Å². The Hall–Kier alpha value is -2.42. The minimum absolute atomic E-state index is 0.171. The summed E-state index contributed by atoms with van der Waals surface area (Å²) in [5, 5.41) is 11.9. The van der Waals surface area contributed by atoms with Gasteiger partial charge in [0.25, 0.3) is 0 Å². The number of carbonyl (C=O) groups is 1. The number of hydrogen-bond donors (Lipinski definition) is 1. The number of rotatable bonds is 6. The van der Waals surface area contributed by atoms with Crippen molar-refractivity contribution in [2.24, 2.45) is 0 Å². The molecule has 0 unspecified atom stereocenters. The van der Waals surface area contributed by atoms with E-state index in [2.05, 4.69) is 5.32 Å². The molecule has 2 aromatic carbocycles. The van der Waals surface area contributed by atoms with Crippen LogP contribution in [0.5, 0.6) is 0 Å². The third-order valence-electron chi connectivity index (χ3n) is 3.48. The molecule has 4 nitrogen and oxygen atoms in total. The van der Waals surface area contributed by atoms with Crippen molar-refractivity contribution in [1.82, 2.24) is 4.90 Å². The number of carbonyl (C=O) groups excluding carboxylic acids is 1. The van der Waals surface area contributed by atoms with Crippen LogP contribution in [-0.4, -0.2) is 23.9 Å². The molecule has 0 fully saturated rings. The first-order valence-corrected chi connectivity index (χ1v) is 7.86. The van der Waals surface area contributed by atoms with Crippen LogP contribution in [0.15, 0.2) is 42.5 Å². The van der Waals surface area contributed by atoms with Crippen LogP contribution < -0.4 is 5.32 Å². The first kappa shape index (κ1) is 17.9. The second-order valence-corrected chi connectivity index (χ2v) is 5.70. The van der Waals surface area contributed by atoms with E-state index in [1.807, 2.05) is 24.0 Å². The topological polar surface area (TPSA) is 56.1 Å². The average molecular weight is 346 g/mol. The molecule has 0 bridgehead atoms. The van der Waals surface area contributed by atoms with Gasteiger partial charge in [0.05, 0.1) is 17.1 Å². The smallest absolute Gasteiger partial charge is 0.238 e. The van der Waals surface area contributed by atoms with Gasteiger partial charge in [0.1, 0.15) is 11.9 Å². The van der Waals surface area contributed by atoms with Crippen LogP contribution in [0.1, 0.15) is 18.1 Å². The number of nitrogens with zero attached hydrogens (tertiary/aromatic N) is 2. The van der Waals surface area contributed by atoms with Crippen LogP contribution in [0, 0.1) is 17.1 Å². The maximum absolute atomic E-state index is 13.2. The standard InChI is InChI=1S/C18H17ClFN3O/c1-2-23(11-13-4-3-5-15(20)8-13)12-18(24)22-16-7-6-14(10-21)17(19)9-16/h3-9H,2,11-12H2,1H3,(H,22,24). The van der Waals surface area contributed by atoms with Crippen LogP contribution in [-0.2, 0) is 11.3 Å². The van der Waals surface area contributed by atoms with Crippen molar-refractivity contribution in [2.45, 2.75) is 13.5 Å². The fourth-order valence-corrected chi connectivity index (χ4v) is 2.48. The molecule has 1 N–H and O–H groups in total. The summed E-state index contributed by atoms with van der Waals surface area (Å²) in [7, 11) is 0. The summed E-state index contributed by atoms with van der Waals surface area (Å²) in [5.41, 5.74) is 1.70. The minimum Gasteiger partial charge on any atom is -0.325 e. The van der Waals surface area contributed by atoms with Crippen molar-refractivity contribution in [3.63, 3.8) is 0 Å². The zero-order valence-corrected chi connectivity index (χ0v) is 14.0. The third-order valence-corrected chi connectivity index (χ3v) is 3.80. The van der Waals surface area contributed by atoms with Crippen LogP contribution >= 0.6 is 11.6 Å². The Kier molecular flexibility index (Phi) is 6.30. The van der Waals surface area contributed by atoms with E-state index < -0.39 is 0 Å². The first-order valence-electron chi connectivity index (χ1n) is 7.48. The first-order chi connectivity index (χ1) is 11.5. The molecule has 0 aliphatic carbocycles. The van der Waals surface area contributed by atoms with Gasteiger partial charge in [-0.05, 0) is 42.4 Å². The number of benzene rings is 2. The molecule has 0 aliphatic rings. The highest BCUT2D eigenvalue weighted by Crippen LogP contribution is 2.20. The fraction of sp³-hybridized carbons (Fsp3) is 0.222. The van der Waals surface area contributed by atoms with Crippen LogP contribution in [0.25, 0.3) is 0 Å². The number of nitrogens with one attached hydrogen (secondary N) is 1. The van der Waals surface area contributed by atoms with E-state index in [0.717, 1.165) is 5.56 Å². The number of nitriles is 1. The Labute approximate surface area is 145 Å². The molecule has 0 radical (unpaired) electrons. The molecule has 24 heavy (non-hydrogen) atoms. The van der Waals surface area contributed by atoms with Gasteiger partial charge in [0.15, 0.2) is 0 Å². The van der Waals surface area contributed by atoms with E-state index in [0.29, 0.717) is 29.4 Å². The summed E-state index contributed by atoms with van der Waals surface area (Å²) in [6.07, 6.45) is 0. The number of hydrogen-bond acceptors (Lipinski definition) is 3. The molecule has 6 heteroatoms. The van der Waals surface area contributed by atoms with Crippen LogP contribution in [0.4, 0.5) is 10.1 Å². The van der Waals surface area contributed by atoms with Gasteiger partial charge in [-0.25, -0.2) is 4.39 Å². The summed E-state index contributed by atoms with van der Waals surface area (Å²) in [5.74, 6) is -0.491. The lowest BCUT2D eigenvalue weighted by Crippen LogP contribution is -2.32. The predicted molar refractivity (Wildman–Crippen MR) is 92.1 cm³/mol. The minimum atomic E-state index is -0.291. The van der Waals surface area contributed by atoms with E-state index in [1.165, 1.54) is 12.1 Å². The Balaban J connectivity index is 1.97. The summed E-state index contributed by atoms with van der Waals surface area (Å²) < 4.78 is 13.2. The molecule has 124 valence electrons. The van der Waals surface area contributed by atoms with Crippen LogP contribution in [0.2, 0.25) is 5.02 Å². The van der Waals surface area contributed by atoms with E-state index in [9.17, 15) is 9.18 Å². The van der Waals surface area contributed by atoms with Gasteiger partial charge in [0, 0.05) is 12.2 Å². The van der Waals surface area contributed by atoms with Gasteiger partial charge in [-0.1, -0.05) is 30.7 Å². The zero-order chi connectivity index (χ0) is 17.5. The molecular weight excluding hydrogens is 329 g/mol. The van der Waals surface area contributed by atoms with Crippen molar-refractivity contribution in [3.8, 4) is 6.07 Å². The summed E-state index contributed by atoms with van der Waals surface area (Å²) in [4.78, 5) is 14.1. The van der Waals surface area contributed by atoms with Crippen molar-refractivity contribution in [3.05, 3.63) is 64.4 Å². The molecule has 2 rings (SSSR count). The Morgan fingerprint density at radius 1 is 1.33 bits per heavy atom. The van der Waals surface area contributed by atoms with Crippen molar-refractivity contribution < 1.29 is 9.18 Å². The predicted octanol–water partition coefficient (Wildman–Crippen LogP) is 3.81. The summed E-state index contributed by atoms with van der Waals surface area (Å²) >= 11 is 5.95. The fourth-order valence-electron chi connectivity index (χ4n) is 2.26. The lowest BCUT2D eigenvalue weighted by atomic mass is 10.2. The second-order valence-electron chi connectivity index (χ2n) is 5.29. The van der Waals surface area contributed by atoms with Gasteiger partial charge < -0.3 is 5.32 Å². The van der Waals surface area contributed by atoms with Gasteiger partial charge in [-0.3, -0.25) is 9.69 Å². The lowest BCUT2D eigenvalue weighted by molar-refractivity contribution is -0.117. The largest absolute Gasteiger partial charge is 0.325 e. The average Bonchev–Trinajstić information content (AvgIpc) is 2.54. The van der Waals surface area contributed by atoms with Crippen molar-refractivity contribution in [2.75, 3.05) is 18.4 Å². The highest BCUT2D eigenvalue weighted by atomic mass is 35.5. The lowest BCUT2D eigenvalue weighted by Gasteiger charge is -2.20. The molecule has 0 aliphatic heterocycles. The maximum Gasteiger partial charge on any atom is 0.238 e. The second kappa shape index (κ2) is 8.44.